The average Bonchev–Trinajstić information content (AvgIpc) is 2.71. The predicted molar refractivity (Wildman–Crippen MR) is 52.0 cm³/mol. The fourth-order valence-corrected chi connectivity index (χ4v) is 1.69. The number of aromatic nitrogens is 3. The van der Waals surface area contributed by atoms with Crippen molar-refractivity contribution in [3.05, 3.63) is 6.20 Å². The van der Waals surface area contributed by atoms with E-state index in [9.17, 15) is 9.59 Å². The smallest absolute Gasteiger partial charge is 0.228 e. The number of nitrogens with one attached hydrogen (secondary N) is 2. The summed E-state index contributed by atoms with van der Waals surface area (Å²) in [5.74, 6) is 0.535. The molecule has 0 spiro atoms. The van der Waals surface area contributed by atoms with E-state index in [4.69, 9.17) is 0 Å². The van der Waals surface area contributed by atoms with Gasteiger partial charge in [-0.15, -0.1) is 5.10 Å². The molecule has 1 aromatic rings. The highest BCUT2D eigenvalue weighted by atomic mass is 16.2. The Balaban J connectivity index is 1.89. The molecule has 1 aliphatic carbocycles. The van der Waals surface area contributed by atoms with Crippen molar-refractivity contribution in [2.24, 2.45) is 5.92 Å². The molecule has 0 unspecified atom stereocenters. The molecule has 0 bridgehead atoms. The van der Waals surface area contributed by atoms with E-state index in [-0.39, 0.29) is 17.6 Å². The Labute approximate surface area is 86.4 Å². The number of aromatic amines is 1. The van der Waals surface area contributed by atoms with Gasteiger partial charge in [-0.3, -0.25) is 9.59 Å². The number of hydrogen-bond donors (Lipinski definition) is 2. The lowest BCUT2D eigenvalue weighted by atomic mass is 9.88. The highest BCUT2D eigenvalue weighted by Gasteiger charge is 2.25. The standard InChI is InChI=1S/C9H12N4O2/c14-7-3-1-6(2-4-7)9(15)11-8-5-10-13-12-8/h5-6H,1-4H2,(H2,10,11,12,13,15). The van der Waals surface area contributed by atoms with Gasteiger partial charge >= 0.3 is 0 Å². The second-order valence-electron chi connectivity index (χ2n) is 3.66. The van der Waals surface area contributed by atoms with Gasteiger partial charge in [0.2, 0.25) is 5.91 Å². The number of H-pyrrole nitrogens is 1. The Morgan fingerprint density at radius 1 is 1.47 bits per heavy atom. The van der Waals surface area contributed by atoms with Crippen molar-refractivity contribution >= 4 is 17.5 Å². The molecule has 1 fully saturated rings. The van der Waals surface area contributed by atoms with E-state index in [1.165, 1.54) is 6.20 Å². The van der Waals surface area contributed by atoms with Crippen molar-refractivity contribution in [2.75, 3.05) is 5.32 Å². The van der Waals surface area contributed by atoms with Crippen LogP contribution in [0.15, 0.2) is 6.20 Å². The summed E-state index contributed by atoms with van der Waals surface area (Å²) in [7, 11) is 0. The van der Waals surface area contributed by atoms with E-state index >= 15 is 0 Å². The first-order valence-corrected chi connectivity index (χ1v) is 4.94. The van der Waals surface area contributed by atoms with Gasteiger partial charge in [-0.25, -0.2) is 0 Å². The molecule has 1 amide bonds. The first-order chi connectivity index (χ1) is 7.25. The van der Waals surface area contributed by atoms with Crippen LogP contribution in [-0.4, -0.2) is 27.1 Å². The molecule has 80 valence electrons. The minimum absolute atomic E-state index is 0.0700. The van der Waals surface area contributed by atoms with Crippen LogP contribution in [0.3, 0.4) is 0 Å². The molecule has 0 aromatic carbocycles. The molecule has 0 atom stereocenters. The summed E-state index contributed by atoms with van der Waals surface area (Å²) in [5, 5.41) is 12.4. The fraction of sp³-hybridized carbons (Fsp3) is 0.556. The number of nitrogens with zero attached hydrogens (tertiary/aromatic N) is 2. The molecule has 6 nitrogen and oxygen atoms in total. The minimum Gasteiger partial charge on any atom is -0.308 e. The molecule has 0 radical (unpaired) electrons. The molecule has 6 heteroatoms. The molecule has 1 aromatic heterocycles. The SMILES string of the molecule is O=C1CCC(C(=O)Nc2cn[nH]n2)CC1. The Morgan fingerprint density at radius 2 is 2.20 bits per heavy atom. The van der Waals surface area contributed by atoms with Crippen LogP contribution in [-0.2, 0) is 9.59 Å². The van der Waals surface area contributed by atoms with Crippen molar-refractivity contribution in [1.29, 1.82) is 0 Å². The maximum Gasteiger partial charge on any atom is 0.228 e. The topological polar surface area (TPSA) is 87.7 Å². The van der Waals surface area contributed by atoms with Gasteiger partial charge in [0.1, 0.15) is 5.78 Å². The molecule has 1 aliphatic rings. The molecular weight excluding hydrogens is 196 g/mol. The number of carbonyl (C=O) groups excluding carboxylic acids is 2. The van der Waals surface area contributed by atoms with Gasteiger partial charge in [0, 0.05) is 18.8 Å². The number of rotatable bonds is 2. The molecule has 2 N–H and O–H groups in total. The van der Waals surface area contributed by atoms with E-state index in [1.807, 2.05) is 0 Å². The Kier molecular flexibility index (Phi) is 2.75. The number of hydrogen-bond acceptors (Lipinski definition) is 4. The van der Waals surface area contributed by atoms with Gasteiger partial charge in [0.25, 0.3) is 0 Å². The Hall–Kier alpha value is -1.72. The van der Waals surface area contributed by atoms with Gasteiger partial charge in [-0.05, 0) is 12.8 Å². The molecule has 0 aliphatic heterocycles. The minimum atomic E-state index is -0.0728. The normalized spacial score (nSPS) is 17.7. The van der Waals surface area contributed by atoms with Gasteiger partial charge < -0.3 is 5.32 Å². The largest absolute Gasteiger partial charge is 0.308 e. The summed E-state index contributed by atoms with van der Waals surface area (Å²) >= 11 is 0. The van der Waals surface area contributed by atoms with Gasteiger partial charge in [0.15, 0.2) is 5.82 Å². The summed E-state index contributed by atoms with van der Waals surface area (Å²) in [6.45, 7) is 0. The third-order valence-corrected chi connectivity index (χ3v) is 2.58. The summed E-state index contributed by atoms with van der Waals surface area (Å²) in [6.07, 6.45) is 3.75. The molecule has 1 heterocycles. The molecule has 0 saturated heterocycles. The number of amides is 1. The van der Waals surface area contributed by atoms with Crippen LogP contribution in [0.25, 0.3) is 0 Å². The number of anilines is 1. The molecule has 15 heavy (non-hydrogen) atoms. The first kappa shape index (κ1) is 9.82. The quantitative estimate of drug-likeness (QED) is 0.740. The van der Waals surface area contributed by atoms with E-state index < -0.39 is 0 Å². The second-order valence-corrected chi connectivity index (χ2v) is 3.66. The van der Waals surface area contributed by atoms with Crippen LogP contribution < -0.4 is 5.32 Å². The average molecular weight is 208 g/mol. The lowest BCUT2D eigenvalue weighted by molar-refractivity contribution is -0.125. The highest BCUT2D eigenvalue weighted by Crippen LogP contribution is 2.22. The van der Waals surface area contributed by atoms with E-state index in [0.717, 1.165) is 0 Å². The third kappa shape index (κ3) is 2.39. The van der Waals surface area contributed by atoms with Crippen LogP contribution >= 0.6 is 0 Å². The number of ketones is 1. The number of carbonyl (C=O) groups is 2. The number of Topliss-reactive ketones (excluding diaryl/α,β-unsaturated/α-hetero) is 1. The van der Waals surface area contributed by atoms with Crippen molar-refractivity contribution in [3.63, 3.8) is 0 Å². The van der Waals surface area contributed by atoms with Gasteiger partial charge in [0.05, 0.1) is 6.20 Å². The van der Waals surface area contributed by atoms with E-state index in [2.05, 4.69) is 20.7 Å². The summed E-state index contributed by atoms with van der Waals surface area (Å²) in [4.78, 5) is 22.7. The van der Waals surface area contributed by atoms with Crippen molar-refractivity contribution in [3.8, 4) is 0 Å². The predicted octanol–water partition coefficient (Wildman–Crippen LogP) is 0.502. The molecule has 2 rings (SSSR count). The summed E-state index contributed by atoms with van der Waals surface area (Å²) < 4.78 is 0. The zero-order valence-electron chi connectivity index (χ0n) is 8.19. The van der Waals surface area contributed by atoms with Crippen LogP contribution in [0.4, 0.5) is 5.82 Å². The molecular formula is C9H12N4O2. The molecule has 1 saturated carbocycles. The Bertz CT molecular complexity index is 350. The maximum atomic E-state index is 11.7. The van der Waals surface area contributed by atoms with Crippen LogP contribution in [0.2, 0.25) is 0 Å². The highest BCUT2D eigenvalue weighted by molar-refractivity contribution is 5.93. The zero-order chi connectivity index (χ0) is 10.7. The van der Waals surface area contributed by atoms with E-state index in [1.54, 1.807) is 0 Å². The maximum absolute atomic E-state index is 11.7. The Morgan fingerprint density at radius 3 is 2.80 bits per heavy atom. The first-order valence-electron chi connectivity index (χ1n) is 4.94. The van der Waals surface area contributed by atoms with Crippen LogP contribution in [0, 0.1) is 5.92 Å². The van der Waals surface area contributed by atoms with Gasteiger partial charge in [-0.1, -0.05) is 0 Å². The fourth-order valence-electron chi connectivity index (χ4n) is 1.69. The third-order valence-electron chi connectivity index (χ3n) is 2.58. The monoisotopic (exact) mass is 208 g/mol. The van der Waals surface area contributed by atoms with Gasteiger partial charge in [-0.2, -0.15) is 10.3 Å². The van der Waals surface area contributed by atoms with Crippen LogP contribution in [0.5, 0.6) is 0 Å². The lowest BCUT2D eigenvalue weighted by Gasteiger charge is -2.19. The lowest BCUT2D eigenvalue weighted by Crippen LogP contribution is -2.27. The second kappa shape index (κ2) is 4.20. The van der Waals surface area contributed by atoms with Crippen LogP contribution in [0.1, 0.15) is 25.7 Å². The van der Waals surface area contributed by atoms with Crippen molar-refractivity contribution in [2.45, 2.75) is 25.7 Å². The zero-order valence-corrected chi connectivity index (χ0v) is 8.19. The van der Waals surface area contributed by atoms with Crippen molar-refractivity contribution < 1.29 is 9.59 Å². The summed E-state index contributed by atoms with van der Waals surface area (Å²) in [5.41, 5.74) is 0. The summed E-state index contributed by atoms with van der Waals surface area (Å²) in [6, 6.07) is 0. The van der Waals surface area contributed by atoms with E-state index in [0.29, 0.717) is 31.5 Å². The van der Waals surface area contributed by atoms with Crippen molar-refractivity contribution in [1.82, 2.24) is 15.4 Å².